The molecule has 1 N–H and O–H groups in total. The van der Waals surface area contributed by atoms with Crippen LogP contribution in [0.5, 0.6) is 11.5 Å². The number of rotatable bonds is 6. The van der Waals surface area contributed by atoms with Crippen molar-refractivity contribution in [2.75, 3.05) is 33.4 Å². The number of fused-ring (bicyclic) bond motifs is 3. The Bertz CT molecular complexity index is 1260. The molecule has 1 aliphatic carbocycles. The highest BCUT2D eigenvalue weighted by Gasteiger charge is 2.38. The van der Waals surface area contributed by atoms with E-state index in [9.17, 15) is 22.3 Å². The third-order valence-electron chi connectivity index (χ3n) is 7.00. The van der Waals surface area contributed by atoms with E-state index in [2.05, 4.69) is 0 Å². The second kappa shape index (κ2) is 10.0. The molecule has 0 bridgehead atoms. The van der Waals surface area contributed by atoms with Crippen molar-refractivity contribution in [1.82, 2.24) is 4.31 Å². The summed E-state index contributed by atoms with van der Waals surface area (Å²) in [6, 6.07) is 9.53. The van der Waals surface area contributed by atoms with Crippen LogP contribution in [0.25, 0.3) is 0 Å². The van der Waals surface area contributed by atoms with Gasteiger partial charge in [0.25, 0.3) is 0 Å². The fourth-order valence-corrected chi connectivity index (χ4v) is 6.72. The average Bonchev–Trinajstić information content (AvgIpc) is 2.88. The molecule has 0 aromatic heterocycles. The molecule has 2 aromatic rings. The Morgan fingerprint density at radius 2 is 1.92 bits per heavy atom. The maximum absolute atomic E-state index is 13.3. The van der Waals surface area contributed by atoms with Crippen LogP contribution >= 0.6 is 0 Å². The summed E-state index contributed by atoms with van der Waals surface area (Å²) in [7, 11) is -2.36. The van der Waals surface area contributed by atoms with Gasteiger partial charge in [0.05, 0.1) is 43.1 Å². The maximum Gasteiger partial charge on any atom is 0.387 e. The summed E-state index contributed by atoms with van der Waals surface area (Å²) < 4.78 is 69.6. The number of aliphatic hydroxyl groups excluding tert-OH is 1. The topological polar surface area (TPSA) is 97.7 Å². The van der Waals surface area contributed by atoms with Crippen LogP contribution in [0.4, 0.5) is 8.78 Å². The molecule has 11 heteroatoms. The molecular formula is C25H28F2N2O6S. The van der Waals surface area contributed by atoms with Gasteiger partial charge in [-0.05, 0) is 49.1 Å². The van der Waals surface area contributed by atoms with Gasteiger partial charge in [0, 0.05) is 30.1 Å². The zero-order valence-electron chi connectivity index (χ0n) is 19.8. The molecule has 3 atom stereocenters. The average molecular weight is 523 g/mol. The van der Waals surface area contributed by atoms with Crippen LogP contribution in [0.3, 0.4) is 0 Å². The number of aliphatic imine (C=N–C) groups is 1. The normalized spacial score (nSPS) is 24.6. The van der Waals surface area contributed by atoms with Crippen molar-refractivity contribution in [3.63, 3.8) is 0 Å². The number of nitrogens with zero attached hydrogens (tertiary/aromatic N) is 2. The molecule has 0 radical (unpaired) electrons. The first kappa shape index (κ1) is 25.1. The number of morpholine rings is 1. The molecule has 3 unspecified atom stereocenters. The number of halogens is 2. The van der Waals surface area contributed by atoms with Gasteiger partial charge < -0.3 is 19.3 Å². The predicted octanol–water partition coefficient (Wildman–Crippen LogP) is 3.17. The molecule has 2 aromatic carbocycles. The number of hydrogen-bond donors (Lipinski definition) is 1. The van der Waals surface area contributed by atoms with Gasteiger partial charge in [-0.25, -0.2) is 8.42 Å². The number of alkyl halides is 2. The smallest absolute Gasteiger partial charge is 0.387 e. The molecule has 194 valence electrons. The zero-order chi connectivity index (χ0) is 25.4. The fraction of sp³-hybridized carbons (Fsp3) is 0.480. The molecule has 2 heterocycles. The van der Waals surface area contributed by atoms with E-state index >= 15 is 0 Å². The van der Waals surface area contributed by atoms with Crippen molar-refractivity contribution in [2.24, 2.45) is 4.99 Å². The van der Waals surface area contributed by atoms with Crippen molar-refractivity contribution < 1.29 is 36.5 Å². The highest BCUT2D eigenvalue weighted by atomic mass is 32.2. The highest BCUT2D eigenvalue weighted by molar-refractivity contribution is 7.89. The van der Waals surface area contributed by atoms with Crippen LogP contribution < -0.4 is 9.47 Å². The minimum Gasteiger partial charge on any atom is -0.493 e. The van der Waals surface area contributed by atoms with Crippen molar-refractivity contribution in [3.8, 4) is 11.5 Å². The van der Waals surface area contributed by atoms with Crippen LogP contribution in [0.15, 0.2) is 46.3 Å². The number of methoxy groups -OCH3 is 1. The first-order valence-corrected chi connectivity index (χ1v) is 13.3. The zero-order valence-corrected chi connectivity index (χ0v) is 20.6. The Morgan fingerprint density at radius 1 is 1.14 bits per heavy atom. The Hall–Kier alpha value is -2.60. The lowest BCUT2D eigenvalue weighted by Gasteiger charge is -2.37. The molecule has 5 rings (SSSR count). The summed E-state index contributed by atoms with van der Waals surface area (Å²) in [6.07, 6.45) is 1.25. The lowest BCUT2D eigenvalue weighted by atomic mass is 9.74. The van der Waals surface area contributed by atoms with Gasteiger partial charge in [-0.3, -0.25) is 4.99 Å². The number of sulfonamides is 1. The highest BCUT2D eigenvalue weighted by Crippen LogP contribution is 2.45. The summed E-state index contributed by atoms with van der Waals surface area (Å²) in [5, 5.41) is 10.3. The third-order valence-corrected chi connectivity index (χ3v) is 8.90. The molecule has 0 amide bonds. The second-order valence-electron chi connectivity index (χ2n) is 9.13. The predicted molar refractivity (Wildman–Crippen MR) is 128 cm³/mol. The maximum atomic E-state index is 13.3. The Balaban J connectivity index is 1.61. The monoisotopic (exact) mass is 522 g/mol. The lowest BCUT2D eigenvalue weighted by Crippen LogP contribution is -2.40. The van der Waals surface area contributed by atoms with Gasteiger partial charge >= 0.3 is 6.61 Å². The Labute approximate surface area is 208 Å². The molecule has 8 nitrogen and oxygen atoms in total. The third kappa shape index (κ3) is 4.72. The summed E-state index contributed by atoms with van der Waals surface area (Å²) in [5.74, 6) is -0.0918. The Kier molecular flexibility index (Phi) is 6.99. The van der Waals surface area contributed by atoms with Gasteiger partial charge in [-0.1, -0.05) is 12.1 Å². The fourth-order valence-electron chi connectivity index (χ4n) is 5.26. The molecule has 2 aliphatic heterocycles. The van der Waals surface area contributed by atoms with E-state index in [0.717, 1.165) is 5.56 Å². The quantitative estimate of drug-likeness (QED) is 0.626. The van der Waals surface area contributed by atoms with Crippen LogP contribution in [0, 0.1) is 0 Å². The molecule has 2 fully saturated rings. The molecule has 3 aliphatic rings. The van der Waals surface area contributed by atoms with Crippen molar-refractivity contribution in [3.05, 3.63) is 53.1 Å². The van der Waals surface area contributed by atoms with E-state index in [0.29, 0.717) is 49.3 Å². The van der Waals surface area contributed by atoms with Gasteiger partial charge in [0.2, 0.25) is 10.0 Å². The minimum absolute atomic E-state index is 0.123. The van der Waals surface area contributed by atoms with Gasteiger partial charge in [-0.15, -0.1) is 0 Å². The van der Waals surface area contributed by atoms with E-state index in [1.165, 1.54) is 23.5 Å². The van der Waals surface area contributed by atoms with E-state index in [4.69, 9.17) is 19.2 Å². The van der Waals surface area contributed by atoms with Crippen molar-refractivity contribution in [2.45, 2.75) is 48.8 Å². The first-order chi connectivity index (χ1) is 17.3. The standard InChI is InChI=1S/C25H28F2N2O6S/c1-33-22-13-18-19-12-16(30)5-6-21(19)28-24(20(18)14-23(22)35-25(26)27)15-3-2-4-17(11-15)36(31,32)29-7-9-34-10-8-29/h2-4,11,13-14,16,19,21,25,30H,5-10,12H2,1H3. The molecule has 0 spiro atoms. The first-order valence-electron chi connectivity index (χ1n) is 11.9. The van der Waals surface area contributed by atoms with Crippen molar-refractivity contribution in [1.29, 1.82) is 0 Å². The SMILES string of the molecule is COc1cc2c(cc1OC(F)F)C(c1cccc(S(=O)(=O)N3CCOCC3)c1)=NC1CCC(O)CC21. The summed E-state index contributed by atoms with van der Waals surface area (Å²) in [6.45, 7) is -1.83. The van der Waals surface area contributed by atoms with E-state index in [1.807, 2.05) is 0 Å². The van der Waals surface area contributed by atoms with Crippen LogP contribution in [0.1, 0.15) is 41.9 Å². The lowest BCUT2D eigenvalue weighted by molar-refractivity contribution is -0.0512. The van der Waals surface area contributed by atoms with Crippen LogP contribution in [-0.4, -0.2) is 75.7 Å². The summed E-state index contributed by atoms with van der Waals surface area (Å²) in [4.78, 5) is 5.08. The van der Waals surface area contributed by atoms with Gasteiger partial charge in [0.15, 0.2) is 11.5 Å². The van der Waals surface area contributed by atoms with Crippen LogP contribution in [0.2, 0.25) is 0 Å². The number of ether oxygens (including phenoxy) is 3. The number of benzene rings is 2. The van der Waals surface area contributed by atoms with E-state index in [-0.39, 0.29) is 41.4 Å². The van der Waals surface area contributed by atoms with Crippen molar-refractivity contribution >= 4 is 15.7 Å². The van der Waals surface area contributed by atoms with Crippen LogP contribution in [-0.2, 0) is 14.8 Å². The number of aliphatic hydroxyl groups is 1. The molecule has 1 saturated heterocycles. The largest absolute Gasteiger partial charge is 0.493 e. The summed E-state index contributed by atoms with van der Waals surface area (Å²) >= 11 is 0. The van der Waals surface area contributed by atoms with Gasteiger partial charge in [-0.2, -0.15) is 13.1 Å². The van der Waals surface area contributed by atoms with Gasteiger partial charge in [0.1, 0.15) is 0 Å². The Morgan fingerprint density at radius 3 is 2.64 bits per heavy atom. The molecular weight excluding hydrogens is 494 g/mol. The van der Waals surface area contributed by atoms with E-state index in [1.54, 1.807) is 24.3 Å². The minimum atomic E-state index is -3.74. The number of hydrogen-bond acceptors (Lipinski definition) is 7. The molecule has 36 heavy (non-hydrogen) atoms. The molecule has 1 saturated carbocycles. The second-order valence-corrected chi connectivity index (χ2v) is 11.1. The summed E-state index contributed by atoms with van der Waals surface area (Å²) in [5.41, 5.74) is 2.43. The van der Waals surface area contributed by atoms with E-state index < -0.39 is 22.7 Å².